The van der Waals surface area contributed by atoms with Crippen LogP contribution >= 0.6 is 0 Å². The third-order valence-electron chi connectivity index (χ3n) is 3.11. The van der Waals surface area contributed by atoms with Crippen molar-refractivity contribution in [2.24, 2.45) is 5.73 Å². The normalized spacial score (nSPS) is 23.9. The predicted molar refractivity (Wildman–Crippen MR) is 64.3 cm³/mol. The second-order valence-electron chi connectivity index (χ2n) is 4.70. The third kappa shape index (κ3) is 3.51. The van der Waals surface area contributed by atoms with E-state index in [-0.39, 0.29) is 24.6 Å². The van der Waals surface area contributed by atoms with Crippen molar-refractivity contribution in [3.05, 3.63) is 11.9 Å². The molecule has 0 aliphatic heterocycles. The fraction of sp³-hybridized carbons (Fsp3) is 0.727. The first-order valence-electron chi connectivity index (χ1n) is 6.24. The summed E-state index contributed by atoms with van der Waals surface area (Å²) in [6.07, 6.45) is 4.71. The SMILES string of the molecule is NCc1cn(CC(=O)NC2CCCC(O)C2)nn1. The molecule has 2 unspecified atom stereocenters. The van der Waals surface area contributed by atoms with Gasteiger partial charge in [0, 0.05) is 12.6 Å². The molecule has 1 fully saturated rings. The Morgan fingerprint density at radius 2 is 2.44 bits per heavy atom. The lowest BCUT2D eigenvalue weighted by molar-refractivity contribution is -0.123. The van der Waals surface area contributed by atoms with Gasteiger partial charge in [-0.15, -0.1) is 5.10 Å². The van der Waals surface area contributed by atoms with Gasteiger partial charge in [-0.1, -0.05) is 5.21 Å². The molecule has 2 rings (SSSR count). The van der Waals surface area contributed by atoms with Gasteiger partial charge in [-0.05, 0) is 25.7 Å². The minimum atomic E-state index is -0.292. The molecular formula is C11H19N5O2. The highest BCUT2D eigenvalue weighted by molar-refractivity contribution is 5.75. The summed E-state index contributed by atoms with van der Waals surface area (Å²) in [5, 5.41) is 20.1. The summed E-state index contributed by atoms with van der Waals surface area (Å²) in [5.41, 5.74) is 6.08. The number of amides is 1. The van der Waals surface area contributed by atoms with E-state index in [4.69, 9.17) is 5.73 Å². The first-order chi connectivity index (χ1) is 8.67. The summed E-state index contributed by atoms with van der Waals surface area (Å²) in [4.78, 5) is 11.8. The van der Waals surface area contributed by atoms with Crippen molar-refractivity contribution in [1.82, 2.24) is 20.3 Å². The van der Waals surface area contributed by atoms with Crippen LogP contribution in [0.5, 0.6) is 0 Å². The number of aliphatic hydroxyl groups is 1. The molecule has 2 atom stereocenters. The predicted octanol–water partition coefficient (Wildman–Crippen LogP) is -0.843. The van der Waals surface area contributed by atoms with Gasteiger partial charge in [0.2, 0.25) is 5.91 Å². The number of nitrogens with one attached hydrogen (secondary N) is 1. The van der Waals surface area contributed by atoms with E-state index in [1.54, 1.807) is 6.20 Å². The van der Waals surface area contributed by atoms with Crippen LogP contribution in [0.3, 0.4) is 0 Å². The number of aromatic nitrogens is 3. The summed E-state index contributed by atoms with van der Waals surface area (Å²) < 4.78 is 1.47. The number of nitrogens with two attached hydrogens (primary N) is 1. The molecule has 1 saturated carbocycles. The second kappa shape index (κ2) is 5.92. The maximum Gasteiger partial charge on any atom is 0.242 e. The molecule has 0 bridgehead atoms. The highest BCUT2D eigenvalue weighted by atomic mass is 16.3. The van der Waals surface area contributed by atoms with E-state index in [1.807, 2.05) is 0 Å². The Morgan fingerprint density at radius 1 is 1.61 bits per heavy atom. The molecule has 7 heteroatoms. The van der Waals surface area contributed by atoms with E-state index in [0.29, 0.717) is 18.7 Å². The average molecular weight is 253 g/mol. The summed E-state index contributed by atoms with van der Waals surface area (Å²) in [7, 11) is 0. The van der Waals surface area contributed by atoms with Gasteiger partial charge in [0.25, 0.3) is 0 Å². The van der Waals surface area contributed by atoms with E-state index in [1.165, 1.54) is 4.68 Å². The number of rotatable bonds is 4. The molecule has 4 N–H and O–H groups in total. The van der Waals surface area contributed by atoms with Crippen molar-refractivity contribution in [2.45, 2.75) is 50.9 Å². The van der Waals surface area contributed by atoms with Crippen LogP contribution in [0.25, 0.3) is 0 Å². The first-order valence-corrected chi connectivity index (χ1v) is 6.24. The lowest BCUT2D eigenvalue weighted by Gasteiger charge is -2.26. The Bertz CT molecular complexity index is 406. The van der Waals surface area contributed by atoms with Crippen LogP contribution in [0, 0.1) is 0 Å². The van der Waals surface area contributed by atoms with Crippen LogP contribution in [0.4, 0.5) is 0 Å². The number of hydrogen-bond donors (Lipinski definition) is 3. The molecule has 0 radical (unpaired) electrons. The highest BCUT2D eigenvalue weighted by Crippen LogP contribution is 2.18. The molecule has 0 aromatic carbocycles. The Morgan fingerprint density at radius 3 is 3.11 bits per heavy atom. The molecule has 7 nitrogen and oxygen atoms in total. The molecule has 1 aliphatic rings. The van der Waals surface area contributed by atoms with E-state index in [2.05, 4.69) is 15.6 Å². The zero-order valence-electron chi connectivity index (χ0n) is 10.2. The zero-order chi connectivity index (χ0) is 13.0. The number of aliphatic hydroxyl groups excluding tert-OH is 1. The second-order valence-corrected chi connectivity index (χ2v) is 4.70. The Hall–Kier alpha value is -1.47. The Kier molecular flexibility index (Phi) is 4.27. The fourth-order valence-corrected chi connectivity index (χ4v) is 2.22. The van der Waals surface area contributed by atoms with Crippen molar-refractivity contribution in [1.29, 1.82) is 0 Å². The van der Waals surface area contributed by atoms with Crippen LogP contribution in [-0.4, -0.2) is 38.2 Å². The number of carbonyl (C=O) groups is 1. The monoisotopic (exact) mass is 253 g/mol. The van der Waals surface area contributed by atoms with Crippen LogP contribution in [0.2, 0.25) is 0 Å². The van der Waals surface area contributed by atoms with Crippen LogP contribution < -0.4 is 11.1 Å². The molecule has 0 saturated heterocycles. The summed E-state index contributed by atoms with van der Waals surface area (Å²) in [5.74, 6) is -0.109. The quantitative estimate of drug-likeness (QED) is 0.648. The van der Waals surface area contributed by atoms with E-state index in [9.17, 15) is 9.90 Å². The maximum absolute atomic E-state index is 11.8. The smallest absolute Gasteiger partial charge is 0.242 e. The number of hydrogen-bond acceptors (Lipinski definition) is 5. The molecule has 0 spiro atoms. The van der Waals surface area contributed by atoms with Crippen molar-refractivity contribution in [3.8, 4) is 0 Å². The van der Waals surface area contributed by atoms with Gasteiger partial charge < -0.3 is 16.2 Å². The summed E-state index contributed by atoms with van der Waals surface area (Å²) in [6.45, 7) is 0.454. The van der Waals surface area contributed by atoms with E-state index >= 15 is 0 Å². The van der Waals surface area contributed by atoms with E-state index in [0.717, 1.165) is 19.3 Å². The van der Waals surface area contributed by atoms with Gasteiger partial charge in [-0.3, -0.25) is 4.79 Å². The van der Waals surface area contributed by atoms with Crippen molar-refractivity contribution >= 4 is 5.91 Å². The van der Waals surface area contributed by atoms with Crippen molar-refractivity contribution in [3.63, 3.8) is 0 Å². The molecule has 1 aromatic heterocycles. The molecule has 1 amide bonds. The lowest BCUT2D eigenvalue weighted by Crippen LogP contribution is -2.41. The standard InChI is InChI=1S/C11H19N5O2/c12-5-9-6-16(15-14-9)7-11(18)13-8-2-1-3-10(17)4-8/h6,8,10,17H,1-5,7,12H2,(H,13,18). The van der Waals surface area contributed by atoms with Gasteiger partial charge in [0.05, 0.1) is 18.0 Å². The zero-order valence-corrected chi connectivity index (χ0v) is 10.2. The van der Waals surface area contributed by atoms with Gasteiger partial charge in [-0.2, -0.15) is 0 Å². The fourth-order valence-electron chi connectivity index (χ4n) is 2.22. The van der Waals surface area contributed by atoms with Crippen molar-refractivity contribution in [2.75, 3.05) is 0 Å². The molecule has 100 valence electrons. The molecule has 1 heterocycles. The van der Waals surface area contributed by atoms with Crippen LogP contribution in [-0.2, 0) is 17.9 Å². The molecule has 1 aromatic rings. The third-order valence-corrected chi connectivity index (χ3v) is 3.11. The van der Waals surface area contributed by atoms with Gasteiger partial charge >= 0.3 is 0 Å². The molecule has 1 aliphatic carbocycles. The average Bonchev–Trinajstić information content (AvgIpc) is 2.76. The minimum absolute atomic E-state index is 0.0683. The largest absolute Gasteiger partial charge is 0.393 e. The number of carbonyl (C=O) groups excluding carboxylic acids is 1. The lowest BCUT2D eigenvalue weighted by atomic mass is 9.93. The highest BCUT2D eigenvalue weighted by Gasteiger charge is 2.21. The number of nitrogens with zero attached hydrogens (tertiary/aromatic N) is 3. The van der Waals surface area contributed by atoms with Gasteiger partial charge in [0.1, 0.15) is 6.54 Å². The Balaban J connectivity index is 1.81. The van der Waals surface area contributed by atoms with Crippen LogP contribution in [0.15, 0.2) is 6.20 Å². The molecule has 18 heavy (non-hydrogen) atoms. The molecular weight excluding hydrogens is 234 g/mol. The van der Waals surface area contributed by atoms with Crippen molar-refractivity contribution < 1.29 is 9.90 Å². The van der Waals surface area contributed by atoms with Gasteiger partial charge in [-0.25, -0.2) is 4.68 Å². The topological polar surface area (TPSA) is 106 Å². The van der Waals surface area contributed by atoms with Gasteiger partial charge in [0.15, 0.2) is 0 Å². The minimum Gasteiger partial charge on any atom is -0.393 e. The summed E-state index contributed by atoms with van der Waals surface area (Å²) >= 11 is 0. The van der Waals surface area contributed by atoms with Crippen LogP contribution in [0.1, 0.15) is 31.4 Å². The maximum atomic E-state index is 11.8. The summed E-state index contributed by atoms with van der Waals surface area (Å²) in [6, 6.07) is 0.0683. The first kappa shape index (κ1) is 13.0. The Labute approximate surface area is 105 Å². The van der Waals surface area contributed by atoms with E-state index < -0.39 is 0 Å².